The summed E-state index contributed by atoms with van der Waals surface area (Å²) in [5.41, 5.74) is 2.66. The zero-order valence-electron chi connectivity index (χ0n) is 19.5. The van der Waals surface area contributed by atoms with Crippen molar-refractivity contribution in [2.45, 2.75) is 44.4 Å². The molecule has 0 saturated carbocycles. The standard InChI is InChI=1S/C23H21F5N6O3/c1-21(9-29)6-13-17(22(2,27)28)36-10-23(13,34-19(21)30)12-5-11(3-4-14(12)24)33-18(35)15-7-32-16(8-31-15)37-20(25)26/h3-5,7-8,13,17,20H,6,10H2,1-2H3,(H2,30,34)(H,33,35)/t13-,17+,21+,23-/m1/s1. The Bertz CT molecular complexity index is 1280. The number of anilines is 1. The summed E-state index contributed by atoms with van der Waals surface area (Å²) < 4.78 is 78.2. The zero-order chi connectivity index (χ0) is 27.2. The van der Waals surface area contributed by atoms with E-state index in [9.17, 15) is 27.6 Å². The molecule has 2 aliphatic heterocycles. The molecule has 14 heteroatoms. The SMILES string of the molecule is CC(F)(F)[C@H]1OC[C@]2(c3cc(NC(=O)c4cnc(OC(F)F)cn4)ccc3F)N=C(N)[C@](C)(C#N)C[C@H]12. The molecule has 3 N–H and O–H groups in total. The van der Waals surface area contributed by atoms with Crippen LogP contribution in [-0.4, -0.2) is 47.0 Å². The third-order valence-electron chi connectivity index (χ3n) is 6.48. The number of fused-ring (bicyclic) bond motifs is 1. The fourth-order valence-electron chi connectivity index (χ4n) is 4.62. The Morgan fingerprint density at radius 2 is 2.08 bits per heavy atom. The van der Waals surface area contributed by atoms with Crippen molar-refractivity contribution in [3.63, 3.8) is 0 Å². The largest absolute Gasteiger partial charge is 0.415 e. The lowest BCUT2D eigenvalue weighted by molar-refractivity contribution is -0.118. The minimum atomic E-state index is -3.33. The summed E-state index contributed by atoms with van der Waals surface area (Å²) in [5, 5.41) is 12.1. The van der Waals surface area contributed by atoms with E-state index >= 15 is 4.39 Å². The normalized spacial score (nSPS) is 27.3. The van der Waals surface area contributed by atoms with Gasteiger partial charge in [-0.05, 0) is 31.5 Å². The van der Waals surface area contributed by atoms with E-state index < -0.39 is 59.7 Å². The molecule has 0 spiro atoms. The lowest BCUT2D eigenvalue weighted by atomic mass is 9.66. The predicted octanol–water partition coefficient (Wildman–Crippen LogP) is 3.63. The van der Waals surface area contributed by atoms with Gasteiger partial charge in [0.25, 0.3) is 11.8 Å². The Morgan fingerprint density at radius 1 is 1.35 bits per heavy atom. The predicted molar refractivity (Wildman–Crippen MR) is 119 cm³/mol. The Morgan fingerprint density at radius 3 is 2.68 bits per heavy atom. The number of amidine groups is 1. The van der Waals surface area contributed by atoms with Gasteiger partial charge >= 0.3 is 6.61 Å². The fraction of sp³-hybridized carbons (Fsp3) is 0.435. The number of amides is 1. The van der Waals surface area contributed by atoms with Gasteiger partial charge in [-0.2, -0.15) is 14.0 Å². The third kappa shape index (κ3) is 4.78. The monoisotopic (exact) mass is 524 g/mol. The number of carbonyl (C=O) groups excluding carboxylic acids is 1. The lowest BCUT2D eigenvalue weighted by Gasteiger charge is -2.42. The summed E-state index contributed by atoms with van der Waals surface area (Å²) in [4.78, 5) is 24.2. The van der Waals surface area contributed by atoms with Crippen LogP contribution in [0.2, 0.25) is 0 Å². The maximum absolute atomic E-state index is 15.2. The maximum Gasteiger partial charge on any atom is 0.388 e. The summed E-state index contributed by atoms with van der Waals surface area (Å²) in [6.45, 7) is -1.42. The van der Waals surface area contributed by atoms with Gasteiger partial charge in [-0.1, -0.05) is 0 Å². The molecule has 0 aliphatic carbocycles. The minimum absolute atomic E-state index is 0.0540. The number of nitrogens with two attached hydrogens (primary N) is 1. The van der Waals surface area contributed by atoms with Gasteiger partial charge in [0.1, 0.15) is 34.4 Å². The number of rotatable bonds is 6. The van der Waals surface area contributed by atoms with Gasteiger partial charge in [0, 0.05) is 24.1 Å². The van der Waals surface area contributed by atoms with Gasteiger partial charge in [-0.15, -0.1) is 0 Å². The van der Waals surface area contributed by atoms with Crippen LogP contribution in [0.15, 0.2) is 35.6 Å². The number of nitrogens with zero attached hydrogens (tertiary/aromatic N) is 4. The third-order valence-corrected chi connectivity index (χ3v) is 6.48. The highest BCUT2D eigenvalue weighted by Gasteiger charge is 2.62. The number of hydrogen-bond acceptors (Lipinski definition) is 8. The van der Waals surface area contributed by atoms with E-state index in [4.69, 9.17) is 10.5 Å². The number of ether oxygens (including phenoxy) is 2. The van der Waals surface area contributed by atoms with Gasteiger partial charge < -0.3 is 20.5 Å². The molecule has 0 radical (unpaired) electrons. The van der Waals surface area contributed by atoms with Crippen molar-refractivity contribution in [1.82, 2.24) is 9.97 Å². The second-order valence-corrected chi connectivity index (χ2v) is 9.13. The highest BCUT2D eigenvalue weighted by Crippen LogP contribution is 2.55. The molecule has 4 atom stereocenters. The fourth-order valence-corrected chi connectivity index (χ4v) is 4.62. The molecule has 0 unspecified atom stereocenters. The minimum Gasteiger partial charge on any atom is -0.415 e. The van der Waals surface area contributed by atoms with E-state index in [1.54, 1.807) is 0 Å². The number of nitrogens with one attached hydrogen (secondary N) is 1. The summed E-state index contributed by atoms with van der Waals surface area (Å²) >= 11 is 0. The first-order chi connectivity index (χ1) is 17.3. The molecule has 37 heavy (non-hydrogen) atoms. The van der Waals surface area contributed by atoms with Crippen LogP contribution in [-0.2, 0) is 10.3 Å². The highest BCUT2D eigenvalue weighted by atomic mass is 19.3. The molecule has 2 aromatic rings. The molecular formula is C23H21F5N6O3. The van der Waals surface area contributed by atoms with Crippen LogP contribution in [0.3, 0.4) is 0 Å². The van der Waals surface area contributed by atoms with Crippen LogP contribution < -0.4 is 15.8 Å². The number of hydrogen-bond donors (Lipinski definition) is 2. The molecule has 1 saturated heterocycles. The van der Waals surface area contributed by atoms with Crippen molar-refractivity contribution in [3.8, 4) is 11.9 Å². The number of carbonyl (C=O) groups is 1. The van der Waals surface area contributed by atoms with Crippen LogP contribution in [0, 0.1) is 28.5 Å². The Balaban J connectivity index is 1.70. The highest BCUT2D eigenvalue weighted by molar-refractivity contribution is 6.02. The first kappa shape index (κ1) is 26.2. The van der Waals surface area contributed by atoms with Crippen LogP contribution in [0.4, 0.5) is 27.6 Å². The second-order valence-electron chi connectivity index (χ2n) is 9.13. The molecule has 1 fully saturated rings. The first-order valence-electron chi connectivity index (χ1n) is 10.9. The Labute approximate surface area is 207 Å². The summed E-state index contributed by atoms with van der Waals surface area (Å²) in [7, 11) is 0. The van der Waals surface area contributed by atoms with E-state index in [0.717, 1.165) is 18.5 Å². The average molecular weight is 524 g/mol. The van der Waals surface area contributed by atoms with Crippen molar-refractivity contribution in [2.24, 2.45) is 22.1 Å². The molecular weight excluding hydrogens is 503 g/mol. The van der Waals surface area contributed by atoms with Crippen molar-refractivity contribution < 1.29 is 36.2 Å². The van der Waals surface area contributed by atoms with Crippen LogP contribution in [0.1, 0.15) is 36.3 Å². The Kier molecular flexibility index (Phi) is 6.53. The van der Waals surface area contributed by atoms with Crippen LogP contribution in [0.25, 0.3) is 0 Å². The smallest absolute Gasteiger partial charge is 0.388 e. The zero-order valence-corrected chi connectivity index (χ0v) is 19.5. The number of halogens is 5. The molecule has 1 aromatic carbocycles. The van der Waals surface area contributed by atoms with Gasteiger partial charge in [0.05, 0.1) is 25.1 Å². The second kappa shape index (κ2) is 9.22. The number of aromatic nitrogens is 2. The molecule has 2 aliphatic rings. The first-order valence-corrected chi connectivity index (χ1v) is 10.9. The van der Waals surface area contributed by atoms with Crippen molar-refractivity contribution in [3.05, 3.63) is 47.7 Å². The van der Waals surface area contributed by atoms with Gasteiger partial charge in [-0.25, -0.2) is 23.1 Å². The molecule has 1 amide bonds. The van der Waals surface area contributed by atoms with Gasteiger partial charge in [0.2, 0.25) is 5.88 Å². The van der Waals surface area contributed by atoms with Crippen molar-refractivity contribution >= 4 is 17.4 Å². The van der Waals surface area contributed by atoms with E-state index in [-0.39, 0.29) is 29.2 Å². The summed E-state index contributed by atoms with van der Waals surface area (Å²) in [5.74, 6) is -6.71. The van der Waals surface area contributed by atoms with E-state index in [1.807, 2.05) is 6.07 Å². The molecule has 0 bridgehead atoms. The molecule has 9 nitrogen and oxygen atoms in total. The topological polar surface area (TPSA) is 136 Å². The van der Waals surface area contributed by atoms with Crippen LogP contribution >= 0.6 is 0 Å². The van der Waals surface area contributed by atoms with E-state index in [1.165, 1.54) is 19.1 Å². The maximum atomic E-state index is 15.2. The van der Waals surface area contributed by atoms with E-state index in [0.29, 0.717) is 6.92 Å². The average Bonchev–Trinajstić information content (AvgIpc) is 3.19. The van der Waals surface area contributed by atoms with Crippen molar-refractivity contribution in [2.75, 3.05) is 11.9 Å². The molecule has 4 rings (SSSR count). The van der Waals surface area contributed by atoms with Crippen LogP contribution in [0.5, 0.6) is 5.88 Å². The molecule has 196 valence electrons. The lowest BCUT2D eigenvalue weighted by Crippen LogP contribution is -2.52. The number of aliphatic imine (C=N–C) groups is 1. The molecule has 1 aromatic heterocycles. The van der Waals surface area contributed by atoms with E-state index in [2.05, 4.69) is 25.0 Å². The number of benzene rings is 1. The van der Waals surface area contributed by atoms with Gasteiger partial charge in [-0.3, -0.25) is 9.79 Å². The van der Waals surface area contributed by atoms with Gasteiger partial charge in [0.15, 0.2) is 0 Å². The summed E-state index contributed by atoms with van der Waals surface area (Å²) in [6, 6.07) is 5.45. The molecule has 3 heterocycles. The number of alkyl halides is 4. The number of nitriles is 1. The Hall–Kier alpha value is -3.86. The summed E-state index contributed by atoms with van der Waals surface area (Å²) in [6.07, 6.45) is -0.0995. The van der Waals surface area contributed by atoms with Crippen molar-refractivity contribution in [1.29, 1.82) is 5.26 Å². The quantitative estimate of drug-likeness (QED) is 0.551.